The van der Waals surface area contributed by atoms with Crippen LogP contribution in [0, 0.1) is 6.92 Å². The van der Waals surface area contributed by atoms with Crippen molar-refractivity contribution in [2.24, 2.45) is 10.7 Å². The summed E-state index contributed by atoms with van der Waals surface area (Å²) in [7, 11) is 0. The first-order valence-corrected chi connectivity index (χ1v) is 8.96. The number of pyridine rings is 1. The molecule has 2 aromatic rings. The van der Waals surface area contributed by atoms with Gasteiger partial charge in [0.2, 0.25) is 5.95 Å². The minimum Gasteiger partial charge on any atom is -0.370 e. The number of aliphatic imine (C=N–C) groups is 1. The van der Waals surface area contributed by atoms with Gasteiger partial charge in [-0.05, 0) is 24.6 Å². The number of aromatic nitrogens is 3. The second-order valence-corrected chi connectivity index (χ2v) is 7.25. The molecule has 146 valence electrons. The number of hydrogen-bond acceptors (Lipinski definition) is 5. The van der Waals surface area contributed by atoms with Crippen LogP contribution >= 0.6 is 24.0 Å². The van der Waals surface area contributed by atoms with E-state index >= 15 is 0 Å². The van der Waals surface area contributed by atoms with Crippen LogP contribution in [0.25, 0.3) is 0 Å². The van der Waals surface area contributed by atoms with E-state index in [0.29, 0.717) is 12.5 Å². The number of aryl methyl sites for hydroxylation is 1. The minimum atomic E-state index is -0.157. The standard InChI is InChI=1S/C19H27N7.HI/c1-15-6-4-7-21-16(15)19(2,3)14-24-17(20)25-10-12-26(13-11-25)18-22-8-5-9-23-18;/h4-9H,10-14H2,1-3H3,(H2,20,24);1H. The highest BCUT2D eigenvalue weighted by atomic mass is 127. The van der Waals surface area contributed by atoms with Crippen LogP contribution in [-0.2, 0) is 5.41 Å². The van der Waals surface area contributed by atoms with Gasteiger partial charge in [-0.1, -0.05) is 19.9 Å². The minimum absolute atomic E-state index is 0. The molecule has 0 saturated carbocycles. The molecule has 0 spiro atoms. The van der Waals surface area contributed by atoms with Gasteiger partial charge in [0.05, 0.1) is 12.2 Å². The zero-order valence-corrected chi connectivity index (χ0v) is 18.5. The van der Waals surface area contributed by atoms with Gasteiger partial charge >= 0.3 is 0 Å². The first kappa shape index (κ1) is 21.3. The SMILES string of the molecule is Cc1cccnc1C(C)(C)CN=C(N)N1CCN(c2ncccn2)CC1.I. The third-order valence-corrected chi connectivity index (χ3v) is 4.73. The van der Waals surface area contributed by atoms with Crippen molar-refractivity contribution in [3.8, 4) is 0 Å². The van der Waals surface area contributed by atoms with Crippen molar-refractivity contribution in [3.05, 3.63) is 48.0 Å². The van der Waals surface area contributed by atoms with Crippen LogP contribution in [0.2, 0.25) is 0 Å². The van der Waals surface area contributed by atoms with E-state index < -0.39 is 0 Å². The fraction of sp³-hybridized carbons (Fsp3) is 0.474. The number of hydrogen-bond donors (Lipinski definition) is 1. The van der Waals surface area contributed by atoms with Crippen LogP contribution in [0.4, 0.5) is 5.95 Å². The Balaban J connectivity index is 0.00000261. The number of piperazine rings is 1. The maximum atomic E-state index is 6.26. The highest BCUT2D eigenvalue weighted by molar-refractivity contribution is 14.0. The quantitative estimate of drug-likeness (QED) is 0.410. The number of halogens is 1. The molecule has 7 nitrogen and oxygen atoms in total. The largest absolute Gasteiger partial charge is 0.370 e. The molecule has 0 aromatic carbocycles. The molecule has 1 saturated heterocycles. The Labute approximate surface area is 178 Å². The first-order valence-electron chi connectivity index (χ1n) is 8.96. The van der Waals surface area contributed by atoms with Crippen LogP contribution in [0.5, 0.6) is 0 Å². The molecule has 0 atom stereocenters. The van der Waals surface area contributed by atoms with Gasteiger partial charge in [0.25, 0.3) is 0 Å². The predicted octanol–water partition coefficient (Wildman–Crippen LogP) is 2.21. The Morgan fingerprint density at radius 3 is 2.33 bits per heavy atom. The van der Waals surface area contributed by atoms with E-state index in [4.69, 9.17) is 5.73 Å². The smallest absolute Gasteiger partial charge is 0.225 e. The molecule has 0 amide bonds. The zero-order chi connectivity index (χ0) is 18.6. The van der Waals surface area contributed by atoms with Crippen LogP contribution in [0.3, 0.4) is 0 Å². The molecule has 0 bridgehead atoms. The third kappa shape index (κ3) is 5.27. The summed E-state index contributed by atoms with van der Waals surface area (Å²) in [5.41, 5.74) is 8.36. The monoisotopic (exact) mass is 481 g/mol. The number of anilines is 1. The molecular formula is C19H28IN7. The fourth-order valence-electron chi connectivity index (χ4n) is 3.24. The normalized spacial score (nSPS) is 15.4. The van der Waals surface area contributed by atoms with Crippen LogP contribution in [0.15, 0.2) is 41.8 Å². The van der Waals surface area contributed by atoms with Gasteiger partial charge in [-0.25, -0.2) is 9.97 Å². The second kappa shape index (κ2) is 9.29. The predicted molar refractivity (Wildman–Crippen MR) is 120 cm³/mol. The summed E-state index contributed by atoms with van der Waals surface area (Å²) < 4.78 is 0. The van der Waals surface area contributed by atoms with E-state index in [2.05, 4.69) is 56.6 Å². The van der Waals surface area contributed by atoms with Gasteiger partial charge in [-0.3, -0.25) is 9.98 Å². The molecule has 3 rings (SSSR count). The van der Waals surface area contributed by atoms with E-state index in [-0.39, 0.29) is 29.4 Å². The summed E-state index contributed by atoms with van der Waals surface area (Å²) >= 11 is 0. The molecule has 1 aliphatic heterocycles. The van der Waals surface area contributed by atoms with E-state index in [1.807, 2.05) is 18.3 Å². The molecular weight excluding hydrogens is 453 g/mol. The fourth-order valence-corrected chi connectivity index (χ4v) is 3.24. The molecule has 0 aliphatic carbocycles. The molecule has 0 unspecified atom stereocenters. The topological polar surface area (TPSA) is 83.5 Å². The Bertz CT molecular complexity index is 756. The summed E-state index contributed by atoms with van der Waals surface area (Å²) in [5.74, 6) is 1.37. The lowest BCUT2D eigenvalue weighted by atomic mass is 9.86. The Morgan fingerprint density at radius 2 is 1.70 bits per heavy atom. The van der Waals surface area contributed by atoms with Gasteiger partial charge in [-0.15, -0.1) is 24.0 Å². The van der Waals surface area contributed by atoms with Crippen molar-refractivity contribution in [1.82, 2.24) is 19.9 Å². The molecule has 2 aromatic heterocycles. The van der Waals surface area contributed by atoms with Gasteiger partial charge in [0, 0.05) is 50.2 Å². The van der Waals surface area contributed by atoms with E-state index in [9.17, 15) is 0 Å². The zero-order valence-electron chi connectivity index (χ0n) is 16.2. The second-order valence-electron chi connectivity index (χ2n) is 7.25. The van der Waals surface area contributed by atoms with Gasteiger partial charge in [0.1, 0.15) is 0 Å². The Hall–Kier alpha value is -1.97. The summed E-state index contributed by atoms with van der Waals surface area (Å²) in [6, 6.07) is 5.87. The molecule has 1 fully saturated rings. The molecule has 3 heterocycles. The van der Waals surface area contributed by atoms with Crippen molar-refractivity contribution in [2.75, 3.05) is 37.6 Å². The highest BCUT2D eigenvalue weighted by Crippen LogP contribution is 2.24. The molecule has 27 heavy (non-hydrogen) atoms. The average molecular weight is 481 g/mol. The maximum Gasteiger partial charge on any atom is 0.225 e. The number of nitrogens with zero attached hydrogens (tertiary/aromatic N) is 6. The lowest BCUT2D eigenvalue weighted by molar-refractivity contribution is 0.376. The Morgan fingerprint density at radius 1 is 1.07 bits per heavy atom. The van der Waals surface area contributed by atoms with Gasteiger partial charge in [0.15, 0.2) is 5.96 Å². The number of nitrogens with two attached hydrogens (primary N) is 1. The first-order chi connectivity index (χ1) is 12.5. The summed E-state index contributed by atoms with van der Waals surface area (Å²) in [6.07, 6.45) is 5.38. The van der Waals surface area contributed by atoms with Crippen molar-refractivity contribution >= 4 is 35.9 Å². The lowest BCUT2D eigenvalue weighted by Gasteiger charge is -2.35. The third-order valence-electron chi connectivity index (χ3n) is 4.73. The summed E-state index contributed by atoms with van der Waals surface area (Å²) in [5, 5.41) is 0. The Kier molecular flexibility index (Phi) is 7.34. The van der Waals surface area contributed by atoms with Gasteiger partial charge in [-0.2, -0.15) is 0 Å². The van der Waals surface area contributed by atoms with Gasteiger partial charge < -0.3 is 15.5 Å². The van der Waals surface area contributed by atoms with Crippen molar-refractivity contribution in [1.29, 1.82) is 0 Å². The average Bonchev–Trinajstić information content (AvgIpc) is 2.67. The van der Waals surface area contributed by atoms with E-state index in [0.717, 1.165) is 37.8 Å². The van der Waals surface area contributed by atoms with Crippen molar-refractivity contribution in [3.63, 3.8) is 0 Å². The van der Waals surface area contributed by atoms with Crippen LogP contribution in [-0.4, -0.2) is 58.5 Å². The van der Waals surface area contributed by atoms with Crippen molar-refractivity contribution < 1.29 is 0 Å². The number of guanidine groups is 1. The summed E-state index contributed by atoms with van der Waals surface area (Å²) in [4.78, 5) is 22.1. The van der Waals surface area contributed by atoms with E-state index in [1.165, 1.54) is 5.56 Å². The molecule has 0 radical (unpaired) electrons. The van der Waals surface area contributed by atoms with Crippen molar-refractivity contribution in [2.45, 2.75) is 26.2 Å². The summed E-state index contributed by atoms with van der Waals surface area (Å²) in [6.45, 7) is 10.3. The highest BCUT2D eigenvalue weighted by Gasteiger charge is 2.25. The number of rotatable bonds is 4. The van der Waals surface area contributed by atoms with E-state index in [1.54, 1.807) is 12.4 Å². The molecule has 8 heteroatoms. The van der Waals surface area contributed by atoms with Crippen LogP contribution < -0.4 is 10.6 Å². The lowest BCUT2D eigenvalue weighted by Crippen LogP contribution is -2.51. The molecule has 2 N–H and O–H groups in total. The maximum absolute atomic E-state index is 6.26. The molecule has 1 aliphatic rings. The van der Waals surface area contributed by atoms with Crippen LogP contribution in [0.1, 0.15) is 25.1 Å².